The second-order valence-electron chi connectivity index (χ2n) is 22.2. The van der Waals surface area contributed by atoms with Crippen molar-refractivity contribution in [3.05, 3.63) is 0 Å². The number of alkyl carbamates (subject to hydrolysis) is 1. The number of hydrogen-bond acceptors (Lipinski definition) is 11. The zero-order chi connectivity index (χ0) is 51.3. The van der Waals surface area contributed by atoms with Crippen molar-refractivity contribution in [2.24, 2.45) is 17.3 Å². The zero-order valence-corrected chi connectivity index (χ0v) is 43.7. The molecule has 0 aromatic carbocycles. The lowest BCUT2D eigenvalue weighted by Crippen LogP contribution is -2.66. The van der Waals surface area contributed by atoms with Gasteiger partial charge in [0, 0.05) is 50.6 Å². The highest BCUT2D eigenvalue weighted by Gasteiger charge is 2.56. The lowest BCUT2D eigenvalue weighted by Gasteiger charge is -2.58. The molecule has 2 aliphatic carbocycles. The Hall–Kier alpha value is -4.68. The van der Waals surface area contributed by atoms with E-state index in [1.165, 1.54) is 4.90 Å². The number of hydrogen-bond donors (Lipinski definition) is 6. The third-order valence-corrected chi connectivity index (χ3v) is 13.7. The molecule has 4 aliphatic rings. The van der Waals surface area contributed by atoms with Crippen LogP contribution < -0.4 is 31.9 Å². The average molecular weight is 974 g/mol. The largest absolute Gasteiger partial charge is 0.444 e. The number of ether oxygens (including phenoxy) is 2. The Morgan fingerprint density at radius 1 is 0.696 bits per heavy atom. The van der Waals surface area contributed by atoms with Crippen molar-refractivity contribution in [3.63, 3.8) is 0 Å². The van der Waals surface area contributed by atoms with E-state index in [-0.39, 0.29) is 42.2 Å². The Bertz CT molecular complexity index is 1780. The summed E-state index contributed by atoms with van der Waals surface area (Å²) in [7, 11) is 1.65. The number of likely N-dealkylation sites (tertiary alicyclic amines) is 1. The molecule has 392 valence electrons. The second kappa shape index (κ2) is 25.4. The SMILES string of the molecule is CCCC[C@H]1C(=O)N(C)[C@@H](CCC)C(=O)N[C@@H](C2CCCCC2)C(=O)N[C@@H](CNC(=O)OC(C)(C)C)C(=O)N[C@@H](CNC(=O)C2CC3(C2)CN(C(=O)OC(C)(C)C)C3)C(=O)N[C@H](C)CN1CCCC. The van der Waals surface area contributed by atoms with E-state index in [1.807, 2.05) is 34.6 Å². The second-order valence-corrected chi connectivity index (χ2v) is 22.2. The number of rotatable bonds is 14. The number of nitrogens with one attached hydrogen (secondary N) is 6. The fraction of sp³-hybridized carbons (Fsp3) is 0.840. The standard InChI is InChI=1S/C50H87N9O10/c1-12-15-23-38-45(65)57(11)37(20-14-3)43(63)56-39(33-21-18-17-19-22-33)44(64)55-36(28-52-46(66)68-48(5,6)7)42(62)54-35(41(61)53-32(4)29-58(38)24-16-13-2)27-51-40(60)34-25-50(26-34)30-59(31-50)47(67)69-49(8,9)10/h32-39H,12-31H2,1-11H3,(H,51,60)(H,52,66)(H,53,61)(H,54,62)(H,55,64)(H,56,63)/t32-,35+,36+,37+,38+,39+/m1/s1. The third kappa shape index (κ3) is 17.0. The van der Waals surface area contributed by atoms with Gasteiger partial charge in [0.1, 0.15) is 35.4 Å². The molecule has 0 aromatic heterocycles. The normalized spacial score (nSPS) is 26.3. The van der Waals surface area contributed by atoms with Gasteiger partial charge in [0.25, 0.3) is 0 Å². The van der Waals surface area contributed by atoms with Gasteiger partial charge in [-0.1, -0.05) is 65.7 Å². The van der Waals surface area contributed by atoms with Gasteiger partial charge in [0.15, 0.2) is 0 Å². The van der Waals surface area contributed by atoms with Crippen LogP contribution in [0, 0.1) is 17.3 Å². The summed E-state index contributed by atoms with van der Waals surface area (Å²) in [4.78, 5) is 117. The van der Waals surface area contributed by atoms with Crippen LogP contribution in [0.4, 0.5) is 9.59 Å². The van der Waals surface area contributed by atoms with Crippen LogP contribution in [-0.4, -0.2) is 156 Å². The molecular formula is C50H87N9O10. The molecule has 8 amide bonds. The molecule has 19 nitrogen and oxygen atoms in total. The van der Waals surface area contributed by atoms with Crippen molar-refractivity contribution in [2.45, 2.75) is 207 Å². The Balaban J connectivity index is 1.69. The number of carbonyl (C=O) groups is 8. The molecular weight excluding hydrogens is 887 g/mol. The maximum atomic E-state index is 14.8. The first-order valence-corrected chi connectivity index (χ1v) is 25.8. The first kappa shape index (κ1) is 56.9. The quantitative estimate of drug-likeness (QED) is 0.145. The summed E-state index contributed by atoms with van der Waals surface area (Å²) in [5.41, 5.74) is -1.68. The molecule has 69 heavy (non-hydrogen) atoms. The van der Waals surface area contributed by atoms with Crippen molar-refractivity contribution in [3.8, 4) is 0 Å². The van der Waals surface area contributed by atoms with Gasteiger partial charge in [-0.25, -0.2) is 9.59 Å². The van der Waals surface area contributed by atoms with Crippen LogP contribution in [0.2, 0.25) is 0 Å². The number of likely N-dealkylation sites (N-methyl/N-ethyl adjacent to an activating group) is 1. The smallest absolute Gasteiger partial charge is 0.410 e. The highest BCUT2D eigenvalue weighted by atomic mass is 16.6. The first-order valence-electron chi connectivity index (χ1n) is 25.8. The van der Waals surface area contributed by atoms with E-state index in [1.54, 1.807) is 32.7 Å². The average Bonchev–Trinajstić information content (AvgIpc) is 3.23. The fourth-order valence-corrected chi connectivity index (χ4v) is 10.1. The highest BCUT2D eigenvalue weighted by Crippen LogP contribution is 2.52. The van der Waals surface area contributed by atoms with Crippen LogP contribution >= 0.6 is 0 Å². The van der Waals surface area contributed by atoms with Crippen molar-refractivity contribution in [1.82, 2.24) is 46.6 Å². The number of amides is 8. The summed E-state index contributed by atoms with van der Waals surface area (Å²) in [6.45, 7) is 19.4. The zero-order valence-electron chi connectivity index (χ0n) is 43.7. The minimum Gasteiger partial charge on any atom is -0.444 e. The molecule has 2 aliphatic heterocycles. The summed E-state index contributed by atoms with van der Waals surface area (Å²) in [6, 6.07) is -5.89. The van der Waals surface area contributed by atoms with E-state index < -0.39 is 89.8 Å². The summed E-state index contributed by atoms with van der Waals surface area (Å²) in [6.07, 6.45) is 8.51. The maximum absolute atomic E-state index is 14.8. The molecule has 19 heteroatoms. The van der Waals surface area contributed by atoms with E-state index in [4.69, 9.17) is 9.47 Å². The van der Waals surface area contributed by atoms with Gasteiger partial charge in [-0.3, -0.25) is 33.7 Å². The Labute approximate surface area is 411 Å². The molecule has 1 spiro atoms. The van der Waals surface area contributed by atoms with E-state index in [9.17, 15) is 38.4 Å². The number of unbranched alkanes of at least 4 members (excludes halogenated alkanes) is 2. The van der Waals surface area contributed by atoms with E-state index in [2.05, 4.69) is 50.6 Å². The van der Waals surface area contributed by atoms with E-state index >= 15 is 0 Å². The minimum absolute atomic E-state index is 0.187. The summed E-state index contributed by atoms with van der Waals surface area (Å²) >= 11 is 0. The van der Waals surface area contributed by atoms with Gasteiger partial charge >= 0.3 is 12.2 Å². The van der Waals surface area contributed by atoms with Crippen molar-refractivity contribution in [1.29, 1.82) is 0 Å². The predicted octanol–water partition coefficient (Wildman–Crippen LogP) is 4.12. The third-order valence-electron chi connectivity index (χ3n) is 13.7. The van der Waals surface area contributed by atoms with Crippen molar-refractivity contribution >= 4 is 47.6 Å². The van der Waals surface area contributed by atoms with Crippen LogP contribution in [0.25, 0.3) is 0 Å². The van der Waals surface area contributed by atoms with Gasteiger partial charge in [-0.2, -0.15) is 0 Å². The van der Waals surface area contributed by atoms with Crippen molar-refractivity contribution in [2.75, 3.05) is 46.3 Å². The highest BCUT2D eigenvalue weighted by molar-refractivity contribution is 5.96. The molecule has 2 saturated heterocycles. The number of nitrogens with zero attached hydrogens (tertiary/aromatic N) is 3. The van der Waals surface area contributed by atoms with Crippen LogP contribution in [0.5, 0.6) is 0 Å². The predicted molar refractivity (Wildman–Crippen MR) is 261 cm³/mol. The number of carbonyl (C=O) groups excluding carboxylic acids is 8. The monoisotopic (exact) mass is 974 g/mol. The van der Waals surface area contributed by atoms with Gasteiger partial charge in [-0.15, -0.1) is 0 Å². The van der Waals surface area contributed by atoms with Crippen molar-refractivity contribution < 1.29 is 47.8 Å². The van der Waals surface area contributed by atoms with Gasteiger partial charge < -0.3 is 51.2 Å². The Morgan fingerprint density at radius 3 is 1.86 bits per heavy atom. The molecule has 6 atom stereocenters. The van der Waals surface area contributed by atoms with Gasteiger partial charge in [0.05, 0.1) is 12.6 Å². The molecule has 0 aromatic rings. The van der Waals surface area contributed by atoms with Gasteiger partial charge in [-0.05, 0) is 106 Å². The van der Waals surface area contributed by atoms with Gasteiger partial charge in [0.2, 0.25) is 35.4 Å². The topological polar surface area (TPSA) is 237 Å². The molecule has 0 radical (unpaired) electrons. The molecule has 4 fully saturated rings. The first-order chi connectivity index (χ1) is 32.4. The van der Waals surface area contributed by atoms with Crippen LogP contribution in [0.3, 0.4) is 0 Å². The maximum Gasteiger partial charge on any atom is 0.410 e. The Kier molecular flexibility index (Phi) is 21.0. The minimum atomic E-state index is -1.45. The lowest BCUT2D eigenvalue weighted by atomic mass is 9.57. The molecule has 0 unspecified atom stereocenters. The Morgan fingerprint density at radius 2 is 1.28 bits per heavy atom. The van der Waals surface area contributed by atoms with Crippen LogP contribution in [0.15, 0.2) is 0 Å². The van der Waals surface area contributed by atoms with Crippen LogP contribution in [-0.2, 0) is 38.2 Å². The molecule has 2 heterocycles. The van der Waals surface area contributed by atoms with Crippen LogP contribution in [0.1, 0.15) is 159 Å². The summed E-state index contributed by atoms with van der Waals surface area (Å²) < 4.78 is 11.0. The lowest BCUT2D eigenvalue weighted by molar-refractivity contribution is -0.145. The molecule has 6 N–H and O–H groups in total. The van der Waals surface area contributed by atoms with E-state index in [0.29, 0.717) is 64.6 Å². The fourth-order valence-electron chi connectivity index (χ4n) is 10.1. The summed E-state index contributed by atoms with van der Waals surface area (Å²) in [5, 5.41) is 17.1. The molecule has 4 rings (SSSR count). The molecule has 2 saturated carbocycles. The summed E-state index contributed by atoms with van der Waals surface area (Å²) in [5.74, 6) is -3.70. The molecule has 0 bridgehead atoms. The van der Waals surface area contributed by atoms with E-state index in [0.717, 1.165) is 44.9 Å².